The number of hydrogen-bond acceptors (Lipinski definition) is 1. The van der Waals surface area contributed by atoms with Crippen molar-refractivity contribution in [1.29, 1.82) is 0 Å². The molecule has 0 fully saturated rings. The summed E-state index contributed by atoms with van der Waals surface area (Å²) in [5, 5.41) is 0. The Balaban J connectivity index is 2.52. The lowest BCUT2D eigenvalue weighted by Gasteiger charge is -2.03. The van der Waals surface area contributed by atoms with Crippen LogP contribution in [0.5, 0.6) is 0 Å². The maximum atomic E-state index is 5.71. The van der Waals surface area contributed by atoms with E-state index in [2.05, 4.69) is 19.9 Å². The normalized spacial score (nSPS) is 34.7. The third kappa shape index (κ3) is 1.26. The third-order valence-corrected chi connectivity index (χ3v) is 2.18. The highest BCUT2D eigenvalue weighted by atomic mass is 14.6. The standard InChI is InChI=1S/C8H15N/c1-3-7-4-6(2)8(9)5-7/h5-7H,3-4,9H2,1-2H3. The van der Waals surface area contributed by atoms with E-state index in [-0.39, 0.29) is 0 Å². The largest absolute Gasteiger partial charge is 0.402 e. The van der Waals surface area contributed by atoms with Gasteiger partial charge in [0.1, 0.15) is 0 Å². The molecule has 0 heterocycles. The summed E-state index contributed by atoms with van der Waals surface area (Å²) < 4.78 is 0. The van der Waals surface area contributed by atoms with Crippen LogP contribution in [-0.4, -0.2) is 0 Å². The van der Waals surface area contributed by atoms with Gasteiger partial charge in [-0.05, 0) is 24.7 Å². The molecule has 0 aromatic rings. The molecule has 0 saturated carbocycles. The van der Waals surface area contributed by atoms with Crippen LogP contribution in [0, 0.1) is 11.8 Å². The Labute approximate surface area is 56.9 Å². The summed E-state index contributed by atoms with van der Waals surface area (Å²) in [6.45, 7) is 4.41. The third-order valence-electron chi connectivity index (χ3n) is 2.18. The Kier molecular flexibility index (Phi) is 1.79. The first kappa shape index (κ1) is 6.66. The number of allylic oxidation sites excluding steroid dienone is 2. The predicted molar refractivity (Wildman–Crippen MR) is 39.8 cm³/mol. The van der Waals surface area contributed by atoms with E-state index in [4.69, 9.17) is 5.73 Å². The van der Waals surface area contributed by atoms with Crippen LogP contribution < -0.4 is 5.73 Å². The number of rotatable bonds is 1. The molecule has 9 heavy (non-hydrogen) atoms. The second kappa shape index (κ2) is 2.42. The van der Waals surface area contributed by atoms with Gasteiger partial charge in [-0.2, -0.15) is 0 Å². The van der Waals surface area contributed by atoms with Crippen molar-refractivity contribution in [3.8, 4) is 0 Å². The van der Waals surface area contributed by atoms with Crippen molar-refractivity contribution >= 4 is 0 Å². The summed E-state index contributed by atoms with van der Waals surface area (Å²) in [6, 6.07) is 0. The van der Waals surface area contributed by atoms with Crippen LogP contribution in [0.25, 0.3) is 0 Å². The fraction of sp³-hybridized carbons (Fsp3) is 0.750. The van der Waals surface area contributed by atoms with Crippen molar-refractivity contribution in [2.45, 2.75) is 26.7 Å². The molecule has 0 spiro atoms. The highest BCUT2D eigenvalue weighted by Gasteiger charge is 2.18. The van der Waals surface area contributed by atoms with Gasteiger partial charge in [0.05, 0.1) is 0 Å². The van der Waals surface area contributed by atoms with Crippen molar-refractivity contribution in [2.24, 2.45) is 17.6 Å². The van der Waals surface area contributed by atoms with Crippen LogP contribution in [0.15, 0.2) is 11.8 Å². The minimum Gasteiger partial charge on any atom is -0.402 e. The molecule has 2 unspecified atom stereocenters. The molecule has 1 aliphatic carbocycles. The summed E-state index contributed by atoms with van der Waals surface area (Å²) in [6.07, 6.45) is 4.72. The molecular weight excluding hydrogens is 110 g/mol. The van der Waals surface area contributed by atoms with Crippen molar-refractivity contribution in [3.63, 3.8) is 0 Å². The average Bonchev–Trinajstić information content (AvgIpc) is 2.13. The van der Waals surface area contributed by atoms with Gasteiger partial charge in [-0.15, -0.1) is 0 Å². The smallest absolute Gasteiger partial charge is 0.00717 e. The minimum absolute atomic E-state index is 0.634. The van der Waals surface area contributed by atoms with Crippen LogP contribution in [0.2, 0.25) is 0 Å². The molecule has 2 N–H and O–H groups in total. The van der Waals surface area contributed by atoms with Gasteiger partial charge in [0.2, 0.25) is 0 Å². The quantitative estimate of drug-likeness (QED) is 0.569. The molecule has 1 rings (SSSR count). The van der Waals surface area contributed by atoms with Gasteiger partial charge in [-0.3, -0.25) is 0 Å². The number of hydrogen-bond donors (Lipinski definition) is 1. The molecule has 0 aromatic carbocycles. The minimum atomic E-state index is 0.634. The molecule has 0 aromatic heterocycles. The Morgan fingerprint density at radius 2 is 2.44 bits per heavy atom. The van der Waals surface area contributed by atoms with E-state index in [1.807, 2.05) is 0 Å². The van der Waals surface area contributed by atoms with Gasteiger partial charge in [-0.1, -0.05) is 19.9 Å². The Morgan fingerprint density at radius 1 is 1.78 bits per heavy atom. The van der Waals surface area contributed by atoms with Gasteiger partial charge >= 0.3 is 0 Å². The van der Waals surface area contributed by atoms with E-state index >= 15 is 0 Å². The van der Waals surface area contributed by atoms with Gasteiger partial charge in [-0.25, -0.2) is 0 Å². The molecule has 1 heteroatoms. The highest BCUT2D eigenvalue weighted by molar-refractivity contribution is 5.10. The fourth-order valence-electron chi connectivity index (χ4n) is 1.38. The predicted octanol–water partition coefficient (Wildman–Crippen LogP) is 1.90. The van der Waals surface area contributed by atoms with Crippen molar-refractivity contribution in [3.05, 3.63) is 11.8 Å². The van der Waals surface area contributed by atoms with Crippen LogP contribution in [0.1, 0.15) is 26.7 Å². The molecule has 0 saturated heterocycles. The topological polar surface area (TPSA) is 26.0 Å². The maximum absolute atomic E-state index is 5.71. The average molecular weight is 125 g/mol. The van der Waals surface area contributed by atoms with Crippen LogP contribution in [0.3, 0.4) is 0 Å². The van der Waals surface area contributed by atoms with Gasteiger partial charge in [0.25, 0.3) is 0 Å². The zero-order valence-electron chi connectivity index (χ0n) is 6.22. The summed E-state index contributed by atoms with van der Waals surface area (Å²) in [5.74, 6) is 1.40. The molecule has 0 aliphatic heterocycles. The highest BCUT2D eigenvalue weighted by Crippen LogP contribution is 2.28. The molecule has 52 valence electrons. The molecule has 1 aliphatic rings. The lowest BCUT2D eigenvalue weighted by Crippen LogP contribution is -2.02. The zero-order valence-corrected chi connectivity index (χ0v) is 6.22. The van der Waals surface area contributed by atoms with E-state index in [0.29, 0.717) is 5.92 Å². The van der Waals surface area contributed by atoms with Crippen LogP contribution in [-0.2, 0) is 0 Å². The van der Waals surface area contributed by atoms with Gasteiger partial charge in [0, 0.05) is 5.70 Å². The first-order valence-electron chi connectivity index (χ1n) is 3.71. The summed E-state index contributed by atoms with van der Waals surface area (Å²) in [4.78, 5) is 0. The summed E-state index contributed by atoms with van der Waals surface area (Å²) in [7, 11) is 0. The first-order valence-corrected chi connectivity index (χ1v) is 3.71. The molecule has 2 atom stereocenters. The SMILES string of the molecule is CCC1C=C(N)C(C)C1. The molecular formula is C8H15N. The Morgan fingerprint density at radius 3 is 2.67 bits per heavy atom. The molecule has 0 amide bonds. The van der Waals surface area contributed by atoms with Crippen molar-refractivity contribution < 1.29 is 0 Å². The van der Waals surface area contributed by atoms with Crippen LogP contribution >= 0.6 is 0 Å². The van der Waals surface area contributed by atoms with E-state index < -0.39 is 0 Å². The van der Waals surface area contributed by atoms with Crippen molar-refractivity contribution in [1.82, 2.24) is 0 Å². The second-order valence-electron chi connectivity index (χ2n) is 2.97. The van der Waals surface area contributed by atoms with Crippen molar-refractivity contribution in [2.75, 3.05) is 0 Å². The van der Waals surface area contributed by atoms with E-state index in [1.54, 1.807) is 0 Å². The van der Waals surface area contributed by atoms with Gasteiger partial charge in [0.15, 0.2) is 0 Å². The van der Waals surface area contributed by atoms with E-state index in [9.17, 15) is 0 Å². The first-order chi connectivity index (χ1) is 4.24. The Bertz CT molecular complexity index is 127. The van der Waals surface area contributed by atoms with E-state index in [0.717, 1.165) is 11.6 Å². The monoisotopic (exact) mass is 125 g/mol. The lowest BCUT2D eigenvalue weighted by atomic mass is 10.0. The lowest BCUT2D eigenvalue weighted by molar-refractivity contribution is 0.528. The Hall–Kier alpha value is -0.460. The second-order valence-corrected chi connectivity index (χ2v) is 2.97. The van der Waals surface area contributed by atoms with Gasteiger partial charge < -0.3 is 5.73 Å². The molecule has 0 bridgehead atoms. The number of nitrogens with two attached hydrogens (primary N) is 1. The van der Waals surface area contributed by atoms with Crippen LogP contribution in [0.4, 0.5) is 0 Å². The fourth-order valence-corrected chi connectivity index (χ4v) is 1.38. The maximum Gasteiger partial charge on any atom is 0.00717 e. The molecule has 0 radical (unpaired) electrons. The zero-order chi connectivity index (χ0) is 6.85. The summed E-state index contributed by atoms with van der Waals surface area (Å²) >= 11 is 0. The van der Waals surface area contributed by atoms with E-state index in [1.165, 1.54) is 12.8 Å². The summed E-state index contributed by atoms with van der Waals surface area (Å²) in [5.41, 5.74) is 6.80. The molecule has 1 nitrogen and oxygen atoms in total.